The lowest BCUT2D eigenvalue weighted by Crippen LogP contribution is -2.12. The van der Waals surface area contributed by atoms with Crippen LogP contribution in [0, 0.1) is 6.92 Å². The molecule has 0 bridgehead atoms. The summed E-state index contributed by atoms with van der Waals surface area (Å²) < 4.78 is 4.97. The second kappa shape index (κ2) is 2.97. The van der Waals surface area contributed by atoms with Crippen molar-refractivity contribution < 1.29 is 9.32 Å². The van der Waals surface area contributed by atoms with Crippen molar-refractivity contribution in [1.82, 2.24) is 5.16 Å². The monoisotopic (exact) mass is 168 g/mol. The summed E-state index contributed by atoms with van der Waals surface area (Å²) in [5, 5.41) is 3.59. The Labute approximate surface area is 70.7 Å². The van der Waals surface area contributed by atoms with Crippen LogP contribution in [-0.2, 0) is 0 Å². The van der Waals surface area contributed by atoms with Crippen molar-refractivity contribution in [2.45, 2.75) is 26.7 Å². The molecule has 0 saturated carbocycles. The van der Waals surface area contributed by atoms with Gasteiger partial charge >= 0.3 is 0 Å². The Morgan fingerprint density at radius 3 is 2.42 bits per heavy atom. The number of amides is 1. The van der Waals surface area contributed by atoms with Crippen LogP contribution >= 0.6 is 0 Å². The molecule has 0 unspecified atom stereocenters. The van der Waals surface area contributed by atoms with Crippen LogP contribution in [0.1, 0.15) is 41.6 Å². The average Bonchev–Trinajstić information content (AvgIpc) is 2.30. The second-order valence-corrected chi connectivity index (χ2v) is 3.04. The van der Waals surface area contributed by atoms with Gasteiger partial charge in [-0.2, -0.15) is 0 Å². The third-order valence-electron chi connectivity index (χ3n) is 1.72. The van der Waals surface area contributed by atoms with Crippen LogP contribution < -0.4 is 5.73 Å². The van der Waals surface area contributed by atoms with E-state index in [0.717, 1.165) is 11.3 Å². The van der Waals surface area contributed by atoms with E-state index in [1.54, 1.807) is 6.92 Å². The molecule has 0 aliphatic rings. The fourth-order valence-electron chi connectivity index (χ4n) is 1.12. The minimum Gasteiger partial charge on any atom is -0.364 e. The number of aromatic nitrogens is 1. The van der Waals surface area contributed by atoms with Crippen LogP contribution in [0.15, 0.2) is 4.52 Å². The first kappa shape index (κ1) is 8.77. The number of primary amides is 1. The summed E-state index contributed by atoms with van der Waals surface area (Å²) in [6.07, 6.45) is 0. The van der Waals surface area contributed by atoms with E-state index in [4.69, 9.17) is 10.3 Å². The minimum absolute atomic E-state index is 0.227. The van der Waals surface area contributed by atoms with E-state index in [0.29, 0.717) is 0 Å². The molecule has 1 aromatic rings. The summed E-state index contributed by atoms with van der Waals surface area (Å²) >= 11 is 0. The third-order valence-corrected chi connectivity index (χ3v) is 1.72. The number of hydrogen-bond acceptors (Lipinski definition) is 3. The lowest BCUT2D eigenvalue weighted by atomic mass is 10.1. The van der Waals surface area contributed by atoms with Gasteiger partial charge in [0.25, 0.3) is 5.91 Å². The van der Waals surface area contributed by atoms with Crippen molar-refractivity contribution >= 4 is 5.91 Å². The van der Waals surface area contributed by atoms with Gasteiger partial charge in [-0.15, -0.1) is 0 Å². The maximum Gasteiger partial charge on any atom is 0.271 e. The number of hydrogen-bond donors (Lipinski definition) is 1. The molecular formula is C8H12N2O2. The van der Waals surface area contributed by atoms with Gasteiger partial charge in [-0.05, 0) is 6.92 Å². The molecule has 4 nitrogen and oxygen atoms in total. The van der Waals surface area contributed by atoms with Crippen LogP contribution in [-0.4, -0.2) is 11.1 Å². The van der Waals surface area contributed by atoms with Crippen molar-refractivity contribution in [3.8, 4) is 0 Å². The summed E-state index contributed by atoms with van der Waals surface area (Å²) in [6.45, 7) is 5.72. The zero-order valence-electron chi connectivity index (χ0n) is 7.42. The SMILES string of the molecule is Cc1c(C(N)=O)noc1C(C)C. The van der Waals surface area contributed by atoms with Crippen molar-refractivity contribution in [2.75, 3.05) is 0 Å². The van der Waals surface area contributed by atoms with Gasteiger partial charge in [-0.1, -0.05) is 19.0 Å². The number of rotatable bonds is 2. The molecule has 4 heteroatoms. The average molecular weight is 168 g/mol. The van der Waals surface area contributed by atoms with Gasteiger partial charge in [0, 0.05) is 11.5 Å². The molecule has 1 amide bonds. The molecule has 0 atom stereocenters. The first-order chi connectivity index (χ1) is 5.54. The normalized spacial score (nSPS) is 10.7. The number of nitrogens with two attached hydrogens (primary N) is 1. The fourth-order valence-corrected chi connectivity index (χ4v) is 1.12. The smallest absolute Gasteiger partial charge is 0.271 e. The Bertz CT molecular complexity index is 302. The molecule has 2 N–H and O–H groups in total. The molecule has 12 heavy (non-hydrogen) atoms. The molecule has 66 valence electrons. The molecule has 0 aliphatic heterocycles. The number of carbonyl (C=O) groups excluding carboxylic acids is 1. The topological polar surface area (TPSA) is 69.1 Å². The first-order valence-corrected chi connectivity index (χ1v) is 3.80. The predicted molar refractivity (Wildman–Crippen MR) is 43.8 cm³/mol. The van der Waals surface area contributed by atoms with Crippen LogP contribution in [0.5, 0.6) is 0 Å². The van der Waals surface area contributed by atoms with E-state index < -0.39 is 5.91 Å². The van der Waals surface area contributed by atoms with Crippen LogP contribution in [0.2, 0.25) is 0 Å². The van der Waals surface area contributed by atoms with E-state index in [1.165, 1.54) is 0 Å². The first-order valence-electron chi connectivity index (χ1n) is 3.80. The molecule has 0 fully saturated rings. The van der Waals surface area contributed by atoms with Gasteiger partial charge in [0.2, 0.25) is 0 Å². The van der Waals surface area contributed by atoms with Crippen molar-refractivity contribution in [2.24, 2.45) is 5.73 Å². The maximum absolute atomic E-state index is 10.8. The molecule has 0 saturated heterocycles. The Balaban J connectivity index is 3.13. The van der Waals surface area contributed by atoms with Gasteiger partial charge in [-0.25, -0.2) is 0 Å². The number of nitrogens with zero attached hydrogens (tertiary/aromatic N) is 1. The Hall–Kier alpha value is -1.32. The zero-order chi connectivity index (χ0) is 9.30. The van der Waals surface area contributed by atoms with Gasteiger partial charge < -0.3 is 10.3 Å². The maximum atomic E-state index is 10.8. The molecule has 0 aromatic carbocycles. The second-order valence-electron chi connectivity index (χ2n) is 3.04. The van der Waals surface area contributed by atoms with Crippen LogP contribution in [0.3, 0.4) is 0 Å². The van der Waals surface area contributed by atoms with Gasteiger partial charge in [-0.3, -0.25) is 4.79 Å². The molecule has 0 radical (unpaired) electrons. The Morgan fingerprint density at radius 2 is 2.17 bits per heavy atom. The third kappa shape index (κ3) is 1.32. The highest BCUT2D eigenvalue weighted by molar-refractivity contribution is 5.92. The van der Waals surface area contributed by atoms with E-state index in [2.05, 4.69) is 5.16 Å². The summed E-state index contributed by atoms with van der Waals surface area (Å²) in [4.78, 5) is 10.8. The van der Waals surface area contributed by atoms with Crippen molar-refractivity contribution in [1.29, 1.82) is 0 Å². The largest absolute Gasteiger partial charge is 0.364 e. The molecule has 0 spiro atoms. The van der Waals surface area contributed by atoms with Crippen molar-refractivity contribution in [3.63, 3.8) is 0 Å². The van der Waals surface area contributed by atoms with E-state index >= 15 is 0 Å². The quantitative estimate of drug-likeness (QED) is 0.721. The molecule has 1 rings (SSSR count). The number of carbonyl (C=O) groups is 1. The zero-order valence-corrected chi connectivity index (χ0v) is 7.42. The van der Waals surface area contributed by atoms with Gasteiger partial charge in [0.1, 0.15) is 5.76 Å². The lowest BCUT2D eigenvalue weighted by Gasteiger charge is -1.98. The van der Waals surface area contributed by atoms with Crippen molar-refractivity contribution in [3.05, 3.63) is 17.0 Å². The van der Waals surface area contributed by atoms with Crippen LogP contribution in [0.25, 0.3) is 0 Å². The summed E-state index contributed by atoms with van der Waals surface area (Å²) in [5.41, 5.74) is 6.05. The minimum atomic E-state index is -0.539. The van der Waals surface area contributed by atoms with Gasteiger partial charge in [0.15, 0.2) is 5.69 Å². The van der Waals surface area contributed by atoms with E-state index in [-0.39, 0.29) is 11.6 Å². The van der Waals surface area contributed by atoms with E-state index in [9.17, 15) is 4.79 Å². The summed E-state index contributed by atoms with van der Waals surface area (Å²) in [7, 11) is 0. The molecular weight excluding hydrogens is 156 g/mol. The molecule has 1 heterocycles. The Morgan fingerprint density at radius 1 is 1.58 bits per heavy atom. The molecule has 1 aromatic heterocycles. The fraction of sp³-hybridized carbons (Fsp3) is 0.500. The van der Waals surface area contributed by atoms with Gasteiger partial charge in [0.05, 0.1) is 0 Å². The summed E-state index contributed by atoms with van der Waals surface area (Å²) in [5.74, 6) is 0.414. The lowest BCUT2D eigenvalue weighted by molar-refractivity contribution is 0.0991. The Kier molecular flexibility index (Phi) is 2.17. The standard InChI is InChI=1S/C8H12N2O2/c1-4(2)7-5(3)6(8(9)11)10-12-7/h4H,1-3H3,(H2,9,11). The highest BCUT2D eigenvalue weighted by atomic mass is 16.5. The summed E-state index contributed by atoms with van der Waals surface area (Å²) in [6, 6.07) is 0. The van der Waals surface area contributed by atoms with Crippen LogP contribution in [0.4, 0.5) is 0 Å². The van der Waals surface area contributed by atoms with E-state index in [1.807, 2.05) is 13.8 Å². The molecule has 0 aliphatic carbocycles. The highest BCUT2D eigenvalue weighted by Gasteiger charge is 2.17. The predicted octanol–water partition coefficient (Wildman–Crippen LogP) is 1.21. The highest BCUT2D eigenvalue weighted by Crippen LogP contribution is 2.20.